The molecule has 0 radical (unpaired) electrons. The van der Waals surface area contributed by atoms with Gasteiger partial charge in [0.25, 0.3) is 0 Å². The van der Waals surface area contributed by atoms with Crippen LogP contribution in [0.2, 0.25) is 0 Å². The number of methoxy groups -OCH3 is 1. The molecule has 94 valence electrons. The molecule has 0 bridgehead atoms. The number of hydrogen-bond acceptors (Lipinski definition) is 3. The van der Waals surface area contributed by atoms with Gasteiger partial charge in [0, 0.05) is 19.6 Å². The van der Waals surface area contributed by atoms with Crippen LogP contribution in [0.4, 0.5) is 0 Å². The molecule has 0 unspecified atom stereocenters. The van der Waals surface area contributed by atoms with Crippen LogP contribution >= 0.6 is 0 Å². The van der Waals surface area contributed by atoms with E-state index in [4.69, 9.17) is 9.47 Å². The molecule has 1 aliphatic rings. The second-order valence-electron chi connectivity index (χ2n) is 5.70. The molecule has 0 aromatic carbocycles. The molecule has 1 saturated heterocycles. The van der Waals surface area contributed by atoms with Crippen molar-refractivity contribution < 1.29 is 14.3 Å². The Morgan fingerprint density at radius 2 is 1.94 bits per heavy atom. The lowest BCUT2D eigenvalue weighted by atomic mass is 9.69. The van der Waals surface area contributed by atoms with E-state index in [-0.39, 0.29) is 11.4 Å². The van der Waals surface area contributed by atoms with Crippen molar-refractivity contribution in [1.82, 2.24) is 0 Å². The topological polar surface area (TPSA) is 35.5 Å². The fourth-order valence-corrected chi connectivity index (χ4v) is 2.56. The minimum atomic E-state index is -0.0913. The Hall–Kier alpha value is -0.570. The summed E-state index contributed by atoms with van der Waals surface area (Å²) in [7, 11) is 1.46. The van der Waals surface area contributed by atoms with Crippen molar-refractivity contribution in [2.45, 2.75) is 40.0 Å². The van der Waals surface area contributed by atoms with Gasteiger partial charge in [-0.05, 0) is 30.1 Å². The van der Waals surface area contributed by atoms with Crippen LogP contribution in [-0.2, 0) is 14.3 Å². The van der Waals surface area contributed by atoms with Crippen LogP contribution in [0, 0.1) is 17.3 Å². The molecule has 3 heteroatoms. The van der Waals surface area contributed by atoms with Gasteiger partial charge in [0.2, 0.25) is 0 Å². The molecule has 3 nitrogen and oxygen atoms in total. The predicted molar refractivity (Wildman–Crippen MR) is 63.1 cm³/mol. The number of rotatable bonds is 3. The van der Waals surface area contributed by atoms with Crippen molar-refractivity contribution in [2.24, 2.45) is 17.3 Å². The number of hydrogen-bond donors (Lipinski definition) is 0. The lowest BCUT2D eigenvalue weighted by molar-refractivity contribution is -0.144. The van der Waals surface area contributed by atoms with Gasteiger partial charge >= 0.3 is 5.97 Å². The van der Waals surface area contributed by atoms with E-state index in [0.29, 0.717) is 18.3 Å². The van der Waals surface area contributed by atoms with E-state index in [1.54, 1.807) is 0 Å². The van der Waals surface area contributed by atoms with Crippen molar-refractivity contribution in [3.63, 3.8) is 0 Å². The lowest BCUT2D eigenvalue weighted by Gasteiger charge is -2.38. The Balaban J connectivity index is 2.66. The zero-order valence-corrected chi connectivity index (χ0v) is 10.9. The highest BCUT2D eigenvalue weighted by Crippen LogP contribution is 2.39. The minimum absolute atomic E-state index is 0.0913. The summed E-state index contributed by atoms with van der Waals surface area (Å²) in [6.07, 6.45) is 2.67. The lowest BCUT2D eigenvalue weighted by Crippen LogP contribution is -2.34. The Labute approximate surface area is 98.5 Å². The Morgan fingerprint density at radius 1 is 1.38 bits per heavy atom. The third kappa shape index (κ3) is 3.78. The fourth-order valence-electron chi connectivity index (χ4n) is 2.56. The van der Waals surface area contributed by atoms with Gasteiger partial charge in [0.15, 0.2) is 0 Å². The molecule has 0 N–H and O–H groups in total. The van der Waals surface area contributed by atoms with Crippen LogP contribution in [0.3, 0.4) is 0 Å². The van der Waals surface area contributed by atoms with E-state index >= 15 is 0 Å². The molecule has 0 aliphatic carbocycles. The number of carbonyl (C=O) groups is 1. The van der Waals surface area contributed by atoms with Gasteiger partial charge in [-0.2, -0.15) is 0 Å². The van der Waals surface area contributed by atoms with Crippen molar-refractivity contribution in [3.8, 4) is 0 Å². The fraction of sp³-hybridized carbons (Fsp3) is 0.923. The SMILES string of the molecule is COC(=O)C[C@@H](C1CCOCC1)C(C)(C)C. The van der Waals surface area contributed by atoms with E-state index in [1.165, 1.54) is 7.11 Å². The molecule has 0 saturated carbocycles. The molecule has 1 rings (SSSR count). The van der Waals surface area contributed by atoms with E-state index in [1.807, 2.05) is 0 Å². The third-order valence-electron chi connectivity index (χ3n) is 3.56. The average Bonchev–Trinajstić information content (AvgIpc) is 2.25. The highest BCUT2D eigenvalue weighted by atomic mass is 16.5. The summed E-state index contributed by atoms with van der Waals surface area (Å²) < 4.78 is 10.2. The smallest absolute Gasteiger partial charge is 0.305 e. The van der Waals surface area contributed by atoms with Crippen LogP contribution < -0.4 is 0 Å². The molecule has 16 heavy (non-hydrogen) atoms. The maximum atomic E-state index is 11.5. The molecule has 0 spiro atoms. The first-order chi connectivity index (χ1) is 7.45. The van der Waals surface area contributed by atoms with Crippen LogP contribution in [0.15, 0.2) is 0 Å². The van der Waals surface area contributed by atoms with Gasteiger partial charge in [0.05, 0.1) is 7.11 Å². The van der Waals surface area contributed by atoms with Crippen molar-refractivity contribution in [2.75, 3.05) is 20.3 Å². The predicted octanol–water partition coefficient (Wildman–Crippen LogP) is 2.64. The van der Waals surface area contributed by atoms with E-state index in [0.717, 1.165) is 26.1 Å². The van der Waals surface area contributed by atoms with Crippen molar-refractivity contribution in [1.29, 1.82) is 0 Å². The van der Waals surface area contributed by atoms with Gasteiger partial charge in [0.1, 0.15) is 0 Å². The van der Waals surface area contributed by atoms with E-state index < -0.39 is 0 Å². The maximum absolute atomic E-state index is 11.5. The standard InChI is InChI=1S/C13H24O3/c1-13(2,3)11(9-12(14)15-4)10-5-7-16-8-6-10/h10-11H,5-9H2,1-4H3/t11-/m0/s1. The molecule has 1 fully saturated rings. The summed E-state index contributed by atoms with van der Waals surface area (Å²) in [5.41, 5.74) is 0.149. The molecule has 1 atom stereocenters. The zero-order valence-electron chi connectivity index (χ0n) is 10.9. The highest BCUT2D eigenvalue weighted by Gasteiger charge is 2.34. The summed E-state index contributed by atoms with van der Waals surface area (Å²) in [6, 6.07) is 0. The second kappa shape index (κ2) is 5.67. The summed E-state index contributed by atoms with van der Waals surface area (Å²) in [4.78, 5) is 11.5. The number of ether oxygens (including phenoxy) is 2. The van der Waals surface area contributed by atoms with Gasteiger partial charge < -0.3 is 9.47 Å². The average molecular weight is 228 g/mol. The highest BCUT2D eigenvalue weighted by molar-refractivity contribution is 5.69. The largest absolute Gasteiger partial charge is 0.469 e. The van der Waals surface area contributed by atoms with Crippen LogP contribution in [-0.4, -0.2) is 26.3 Å². The molecule has 0 aromatic heterocycles. The van der Waals surface area contributed by atoms with Gasteiger partial charge in [-0.25, -0.2) is 0 Å². The van der Waals surface area contributed by atoms with Crippen molar-refractivity contribution >= 4 is 5.97 Å². The van der Waals surface area contributed by atoms with Gasteiger partial charge in [-0.3, -0.25) is 4.79 Å². The number of carbonyl (C=O) groups excluding carboxylic acids is 1. The Kier molecular flexibility index (Phi) is 4.78. The molecule has 0 amide bonds. The molecule has 1 aliphatic heterocycles. The third-order valence-corrected chi connectivity index (χ3v) is 3.56. The molecular weight excluding hydrogens is 204 g/mol. The first-order valence-electron chi connectivity index (χ1n) is 6.09. The van der Waals surface area contributed by atoms with Gasteiger partial charge in [-0.15, -0.1) is 0 Å². The quantitative estimate of drug-likeness (QED) is 0.697. The summed E-state index contributed by atoms with van der Waals surface area (Å²) >= 11 is 0. The number of esters is 1. The van der Waals surface area contributed by atoms with E-state index in [2.05, 4.69) is 20.8 Å². The first-order valence-corrected chi connectivity index (χ1v) is 6.09. The Bertz CT molecular complexity index is 224. The monoisotopic (exact) mass is 228 g/mol. The molecule has 0 aromatic rings. The zero-order chi connectivity index (χ0) is 12.2. The minimum Gasteiger partial charge on any atom is -0.469 e. The summed E-state index contributed by atoms with van der Waals surface area (Å²) in [5, 5.41) is 0. The van der Waals surface area contributed by atoms with Crippen LogP contribution in [0.5, 0.6) is 0 Å². The summed E-state index contributed by atoms with van der Waals surface area (Å²) in [6.45, 7) is 8.28. The van der Waals surface area contributed by atoms with E-state index in [9.17, 15) is 4.79 Å². The normalized spacial score (nSPS) is 20.5. The Morgan fingerprint density at radius 3 is 2.38 bits per heavy atom. The molecule has 1 heterocycles. The van der Waals surface area contributed by atoms with Crippen LogP contribution in [0.25, 0.3) is 0 Å². The van der Waals surface area contributed by atoms with Crippen LogP contribution in [0.1, 0.15) is 40.0 Å². The first kappa shape index (κ1) is 13.5. The van der Waals surface area contributed by atoms with Gasteiger partial charge in [-0.1, -0.05) is 20.8 Å². The second-order valence-corrected chi connectivity index (χ2v) is 5.70. The maximum Gasteiger partial charge on any atom is 0.305 e. The summed E-state index contributed by atoms with van der Waals surface area (Å²) in [5.74, 6) is 0.892. The van der Waals surface area contributed by atoms with Crippen molar-refractivity contribution in [3.05, 3.63) is 0 Å². The molecular formula is C13H24O3.